The molecule has 1 aliphatic rings. The van der Waals surface area contributed by atoms with Crippen LogP contribution in [0.1, 0.15) is 18.4 Å². The molecule has 3 rings (SSSR count). The van der Waals surface area contributed by atoms with E-state index < -0.39 is 12.1 Å². The molecule has 2 atom stereocenters. The van der Waals surface area contributed by atoms with Gasteiger partial charge in [-0.2, -0.15) is 0 Å². The van der Waals surface area contributed by atoms with E-state index in [4.69, 9.17) is 0 Å². The Morgan fingerprint density at radius 1 is 1.44 bits per heavy atom. The van der Waals surface area contributed by atoms with Gasteiger partial charge in [0.1, 0.15) is 16.9 Å². The minimum absolute atomic E-state index is 0.169. The number of aliphatic hydroxyl groups excluding tert-OH is 1. The summed E-state index contributed by atoms with van der Waals surface area (Å²) in [5.41, 5.74) is 0.937. The topological polar surface area (TPSA) is 82.5 Å². The van der Waals surface area contributed by atoms with Crippen molar-refractivity contribution in [3.05, 3.63) is 40.5 Å². The van der Waals surface area contributed by atoms with Crippen LogP contribution in [0.4, 0.5) is 4.39 Å². The first-order valence-corrected chi connectivity index (χ1v) is 8.76. The van der Waals surface area contributed by atoms with Crippen LogP contribution >= 0.6 is 11.3 Å². The third-order valence-corrected chi connectivity index (χ3v) is 4.95. The van der Waals surface area contributed by atoms with Crippen molar-refractivity contribution in [3.8, 4) is 11.3 Å². The average molecular weight is 363 g/mol. The number of thiazole rings is 1. The van der Waals surface area contributed by atoms with Crippen molar-refractivity contribution in [2.45, 2.75) is 32.0 Å². The van der Waals surface area contributed by atoms with Crippen LogP contribution in [0.2, 0.25) is 0 Å². The summed E-state index contributed by atoms with van der Waals surface area (Å²) in [4.78, 5) is 29.6. The van der Waals surface area contributed by atoms with Crippen LogP contribution in [-0.4, -0.2) is 45.5 Å². The Morgan fingerprint density at radius 2 is 2.20 bits per heavy atom. The number of hydrogen-bond donors (Lipinski definition) is 2. The molecule has 0 radical (unpaired) electrons. The standard InChI is InChI=1S/C17H18FN3O3S/c1-10(22)21-8-11(23)6-15(21)17(24)19-7-16-20-14(9-25-16)12-4-2-3-5-13(12)18/h2-5,9,11,15,23H,6-8H2,1H3,(H,19,24)/t11-,15-/m1/s1. The van der Waals surface area contributed by atoms with E-state index in [1.807, 2.05) is 0 Å². The maximum Gasteiger partial charge on any atom is 0.243 e. The van der Waals surface area contributed by atoms with Crippen LogP contribution in [0.3, 0.4) is 0 Å². The second kappa shape index (κ2) is 7.28. The third-order valence-electron chi connectivity index (χ3n) is 4.10. The summed E-state index contributed by atoms with van der Waals surface area (Å²) >= 11 is 1.32. The highest BCUT2D eigenvalue weighted by Crippen LogP contribution is 2.24. The second-order valence-electron chi connectivity index (χ2n) is 5.90. The molecule has 0 bridgehead atoms. The monoisotopic (exact) mass is 363 g/mol. The van der Waals surface area contributed by atoms with E-state index in [0.717, 1.165) is 0 Å². The molecule has 132 valence electrons. The lowest BCUT2D eigenvalue weighted by atomic mass is 10.1. The van der Waals surface area contributed by atoms with E-state index in [2.05, 4.69) is 10.3 Å². The zero-order chi connectivity index (χ0) is 18.0. The first kappa shape index (κ1) is 17.5. The molecule has 8 heteroatoms. The zero-order valence-corrected chi connectivity index (χ0v) is 14.4. The zero-order valence-electron chi connectivity index (χ0n) is 13.6. The lowest BCUT2D eigenvalue weighted by molar-refractivity contribution is -0.137. The molecule has 2 N–H and O–H groups in total. The smallest absolute Gasteiger partial charge is 0.243 e. The van der Waals surface area contributed by atoms with Crippen LogP contribution < -0.4 is 5.32 Å². The fraction of sp³-hybridized carbons (Fsp3) is 0.353. The number of benzene rings is 1. The van der Waals surface area contributed by atoms with Crippen molar-refractivity contribution in [1.29, 1.82) is 0 Å². The summed E-state index contributed by atoms with van der Waals surface area (Å²) in [7, 11) is 0. The lowest BCUT2D eigenvalue weighted by Gasteiger charge is -2.21. The minimum Gasteiger partial charge on any atom is -0.391 e. The van der Waals surface area contributed by atoms with Gasteiger partial charge in [-0.05, 0) is 12.1 Å². The number of nitrogens with zero attached hydrogens (tertiary/aromatic N) is 2. The van der Waals surface area contributed by atoms with E-state index in [9.17, 15) is 19.1 Å². The van der Waals surface area contributed by atoms with Crippen LogP contribution in [0, 0.1) is 5.82 Å². The molecule has 25 heavy (non-hydrogen) atoms. The minimum atomic E-state index is -0.688. The summed E-state index contributed by atoms with van der Waals surface area (Å²) in [5, 5.41) is 14.8. The van der Waals surface area contributed by atoms with Crippen molar-refractivity contribution in [2.75, 3.05) is 6.54 Å². The summed E-state index contributed by atoms with van der Waals surface area (Å²) in [6.07, 6.45) is -0.462. The molecule has 0 saturated carbocycles. The molecule has 0 spiro atoms. The Labute approximate surface area is 148 Å². The first-order chi connectivity index (χ1) is 12.0. The number of likely N-dealkylation sites (tertiary alicyclic amines) is 1. The van der Waals surface area contributed by atoms with Crippen LogP contribution in [0.25, 0.3) is 11.3 Å². The number of hydrogen-bond acceptors (Lipinski definition) is 5. The van der Waals surface area contributed by atoms with Gasteiger partial charge in [-0.15, -0.1) is 11.3 Å². The number of halogens is 1. The van der Waals surface area contributed by atoms with Gasteiger partial charge >= 0.3 is 0 Å². The molecule has 0 aliphatic carbocycles. The number of carbonyl (C=O) groups is 2. The van der Waals surface area contributed by atoms with Gasteiger partial charge in [0.25, 0.3) is 0 Å². The van der Waals surface area contributed by atoms with Gasteiger partial charge in [-0.1, -0.05) is 12.1 Å². The van der Waals surface area contributed by atoms with Gasteiger partial charge in [-0.3, -0.25) is 9.59 Å². The van der Waals surface area contributed by atoms with Gasteiger partial charge in [0, 0.05) is 30.8 Å². The molecule has 1 saturated heterocycles. The number of amides is 2. The molecular weight excluding hydrogens is 345 g/mol. The maximum absolute atomic E-state index is 13.8. The molecule has 1 fully saturated rings. The summed E-state index contributed by atoms with van der Waals surface area (Å²) in [5.74, 6) is -0.914. The summed E-state index contributed by atoms with van der Waals surface area (Å²) in [6, 6.07) is 5.71. The van der Waals surface area contributed by atoms with E-state index in [0.29, 0.717) is 16.3 Å². The molecule has 2 heterocycles. The SMILES string of the molecule is CC(=O)N1C[C@H](O)C[C@@H]1C(=O)NCc1nc(-c2ccccc2F)cs1. The van der Waals surface area contributed by atoms with Crippen LogP contribution in [-0.2, 0) is 16.1 Å². The quantitative estimate of drug-likeness (QED) is 0.863. The van der Waals surface area contributed by atoms with Crippen molar-refractivity contribution >= 4 is 23.2 Å². The predicted octanol–water partition coefficient (Wildman–Crippen LogP) is 1.55. The van der Waals surface area contributed by atoms with Crippen molar-refractivity contribution in [1.82, 2.24) is 15.2 Å². The predicted molar refractivity (Wildman–Crippen MR) is 91.2 cm³/mol. The number of aliphatic hydroxyl groups is 1. The maximum atomic E-state index is 13.8. The van der Waals surface area contributed by atoms with Gasteiger partial charge in [0.05, 0.1) is 18.3 Å². The van der Waals surface area contributed by atoms with Gasteiger partial charge in [-0.25, -0.2) is 9.37 Å². The Balaban J connectivity index is 1.63. The second-order valence-corrected chi connectivity index (χ2v) is 6.84. The Morgan fingerprint density at radius 3 is 2.92 bits per heavy atom. The largest absolute Gasteiger partial charge is 0.391 e. The van der Waals surface area contributed by atoms with Crippen LogP contribution in [0.15, 0.2) is 29.6 Å². The summed E-state index contributed by atoms with van der Waals surface area (Å²) in [6.45, 7) is 1.73. The third kappa shape index (κ3) is 3.85. The van der Waals surface area contributed by atoms with Gasteiger partial charge < -0.3 is 15.3 Å². The highest BCUT2D eigenvalue weighted by Gasteiger charge is 2.37. The fourth-order valence-electron chi connectivity index (χ4n) is 2.88. The van der Waals surface area contributed by atoms with Crippen molar-refractivity contribution < 1.29 is 19.1 Å². The van der Waals surface area contributed by atoms with Gasteiger partial charge in [0.2, 0.25) is 11.8 Å². The van der Waals surface area contributed by atoms with E-state index >= 15 is 0 Å². The normalized spacial score (nSPS) is 19.9. The van der Waals surface area contributed by atoms with E-state index in [1.54, 1.807) is 23.6 Å². The van der Waals surface area contributed by atoms with Crippen molar-refractivity contribution in [2.24, 2.45) is 0 Å². The summed E-state index contributed by atoms with van der Waals surface area (Å²) < 4.78 is 13.8. The molecule has 6 nitrogen and oxygen atoms in total. The average Bonchev–Trinajstić information content (AvgIpc) is 3.20. The fourth-order valence-corrected chi connectivity index (χ4v) is 3.61. The highest BCUT2D eigenvalue weighted by molar-refractivity contribution is 7.09. The lowest BCUT2D eigenvalue weighted by Crippen LogP contribution is -2.44. The number of nitrogens with one attached hydrogen (secondary N) is 1. The van der Waals surface area contributed by atoms with Crippen molar-refractivity contribution in [3.63, 3.8) is 0 Å². The molecule has 1 aliphatic heterocycles. The molecule has 1 aromatic carbocycles. The number of carbonyl (C=O) groups excluding carboxylic acids is 2. The highest BCUT2D eigenvalue weighted by atomic mass is 32.1. The number of β-amino-alcohol motifs (C(OH)–C–C–N with tert-alkyl or cyclic N) is 1. The number of rotatable bonds is 4. The van der Waals surface area contributed by atoms with Gasteiger partial charge in [0.15, 0.2) is 0 Å². The Hall–Kier alpha value is -2.32. The van der Waals surface area contributed by atoms with Crippen LogP contribution in [0.5, 0.6) is 0 Å². The van der Waals surface area contributed by atoms with E-state index in [1.165, 1.54) is 29.2 Å². The molecule has 2 aromatic rings. The molecule has 0 unspecified atom stereocenters. The molecular formula is C17H18FN3O3S. The molecule has 2 amide bonds. The number of aromatic nitrogens is 1. The molecule has 1 aromatic heterocycles. The first-order valence-electron chi connectivity index (χ1n) is 7.88. The Bertz CT molecular complexity index is 795. The Kier molecular flexibility index (Phi) is 5.10. The van der Waals surface area contributed by atoms with E-state index in [-0.39, 0.29) is 37.1 Å².